The molecule has 1 aliphatic carbocycles. The van der Waals surface area contributed by atoms with Crippen molar-refractivity contribution >= 4 is 50.2 Å². The fourth-order valence-corrected chi connectivity index (χ4v) is 6.91. The first kappa shape index (κ1) is 30.5. The molecule has 1 N–H and O–H groups in total. The maximum absolute atomic E-state index is 14.2. The van der Waals surface area contributed by atoms with E-state index in [9.17, 15) is 19.6 Å². The lowest BCUT2D eigenvalue weighted by molar-refractivity contribution is -0.138. The van der Waals surface area contributed by atoms with Gasteiger partial charge in [-0.25, -0.2) is 15.0 Å². The quantitative estimate of drug-likeness (QED) is 0.218. The summed E-state index contributed by atoms with van der Waals surface area (Å²) < 4.78 is 2.01. The van der Waals surface area contributed by atoms with Crippen LogP contribution in [-0.4, -0.2) is 84.9 Å². The number of fused-ring (bicyclic) bond motifs is 2. The molecule has 230 valence electrons. The summed E-state index contributed by atoms with van der Waals surface area (Å²) in [6, 6.07) is 8.51. The molecule has 6 rings (SSSR count). The number of nitrogens with zero attached hydrogens (tertiary/aromatic N) is 8. The number of piperidine rings is 1. The van der Waals surface area contributed by atoms with E-state index in [1.165, 1.54) is 11.6 Å². The van der Waals surface area contributed by atoms with Crippen LogP contribution in [0, 0.1) is 30.6 Å². The first-order valence-corrected chi connectivity index (χ1v) is 15.3. The van der Waals surface area contributed by atoms with E-state index in [0.717, 1.165) is 18.5 Å². The zero-order valence-electron chi connectivity index (χ0n) is 25.6. The van der Waals surface area contributed by atoms with Crippen molar-refractivity contribution in [3.63, 3.8) is 0 Å². The van der Waals surface area contributed by atoms with Gasteiger partial charge in [0.1, 0.15) is 40.6 Å². The molecule has 1 saturated carbocycles. The van der Waals surface area contributed by atoms with Gasteiger partial charge in [0, 0.05) is 48.3 Å². The highest BCUT2D eigenvalue weighted by atomic mass is 79.9. The number of rotatable bonds is 8. The van der Waals surface area contributed by atoms with Gasteiger partial charge in [-0.1, -0.05) is 6.07 Å². The Balaban J connectivity index is 1.36. The number of benzene rings is 1. The van der Waals surface area contributed by atoms with Gasteiger partial charge in [0.15, 0.2) is 5.78 Å². The van der Waals surface area contributed by atoms with E-state index in [2.05, 4.69) is 52.3 Å². The number of aryl methyl sites for hydroxylation is 2. The Hall–Kier alpha value is -4.54. The Labute approximate surface area is 268 Å². The number of ketones is 1. The third-order valence-electron chi connectivity index (χ3n) is 8.64. The van der Waals surface area contributed by atoms with Crippen LogP contribution < -0.4 is 5.32 Å². The van der Waals surface area contributed by atoms with E-state index in [1.54, 1.807) is 42.4 Å². The number of hydrogen-bond acceptors (Lipinski definition) is 9. The van der Waals surface area contributed by atoms with Crippen LogP contribution in [0.2, 0.25) is 0 Å². The fourth-order valence-electron chi connectivity index (χ4n) is 6.60. The molecule has 12 nitrogen and oxygen atoms in total. The molecule has 3 aromatic heterocycles. The first-order valence-electron chi connectivity index (χ1n) is 14.6. The van der Waals surface area contributed by atoms with Gasteiger partial charge in [0.05, 0.1) is 11.1 Å². The second-order valence-corrected chi connectivity index (χ2v) is 13.1. The summed E-state index contributed by atoms with van der Waals surface area (Å²) in [7, 11) is 3.97. The minimum absolute atomic E-state index is 0.114. The molecule has 4 aromatic rings. The first-order chi connectivity index (χ1) is 21.4. The largest absolute Gasteiger partial charge is 0.325 e. The highest BCUT2D eigenvalue weighted by Crippen LogP contribution is 2.60. The molecule has 13 heteroatoms. The summed E-state index contributed by atoms with van der Waals surface area (Å²) in [6.45, 7) is 5.54. The molecule has 3 atom stereocenters. The lowest BCUT2D eigenvalue weighted by Crippen LogP contribution is -2.47. The zero-order valence-corrected chi connectivity index (χ0v) is 27.2. The number of carbonyl (C=O) groups is 3. The molecule has 1 saturated heterocycles. The molecule has 0 bridgehead atoms. The molecule has 0 unspecified atom stereocenters. The minimum atomic E-state index is -0.714. The van der Waals surface area contributed by atoms with Crippen molar-refractivity contribution < 1.29 is 14.4 Å². The molecule has 1 aliphatic heterocycles. The molecule has 1 aromatic carbocycles. The van der Waals surface area contributed by atoms with Crippen LogP contribution in [0.5, 0.6) is 0 Å². The maximum atomic E-state index is 14.2. The van der Waals surface area contributed by atoms with Gasteiger partial charge in [0.25, 0.3) is 0 Å². The second kappa shape index (κ2) is 11.4. The van der Waals surface area contributed by atoms with Gasteiger partial charge in [-0.05, 0) is 86.0 Å². The highest BCUT2D eigenvalue weighted by Gasteiger charge is 2.67. The van der Waals surface area contributed by atoms with Gasteiger partial charge < -0.3 is 15.1 Å². The number of likely N-dealkylation sites (tertiary alicyclic amines) is 1. The number of anilines is 1. The number of aromatic nitrogens is 5. The number of pyridine rings is 1. The fraction of sp³-hybridized carbons (Fsp3) is 0.375. The van der Waals surface area contributed by atoms with E-state index in [0.29, 0.717) is 44.7 Å². The lowest BCUT2D eigenvalue weighted by atomic mass is 9.98. The molecule has 0 radical (unpaired) electrons. The van der Waals surface area contributed by atoms with Crippen molar-refractivity contribution in [1.82, 2.24) is 34.5 Å². The van der Waals surface area contributed by atoms with E-state index < -0.39 is 6.04 Å². The van der Waals surface area contributed by atoms with Crippen LogP contribution in [0.25, 0.3) is 22.0 Å². The van der Waals surface area contributed by atoms with Crippen molar-refractivity contribution in [2.24, 2.45) is 5.41 Å². The molecular formula is C32H32BrN9O3. The lowest BCUT2D eigenvalue weighted by Gasteiger charge is -2.27. The molecule has 45 heavy (non-hydrogen) atoms. The minimum Gasteiger partial charge on any atom is -0.325 e. The van der Waals surface area contributed by atoms with E-state index in [1.807, 2.05) is 27.1 Å². The van der Waals surface area contributed by atoms with Gasteiger partial charge in [-0.3, -0.25) is 19.1 Å². The summed E-state index contributed by atoms with van der Waals surface area (Å²) in [6.07, 6.45) is 4.63. The van der Waals surface area contributed by atoms with Crippen LogP contribution in [0.1, 0.15) is 47.2 Å². The molecule has 4 heterocycles. The second-order valence-electron chi connectivity index (χ2n) is 12.2. The summed E-state index contributed by atoms with van der Waals surface area (Å²) >= 11 is 3.36. The van der Waals surface area contributed by atoms with Crippen molar-refractivity contribution in [3.05, 3.63) is 63.9 Å². The Morgan fingerprint density at radius 1 is 1.13 bits per heavy atom. The summed E-state index contributed by atoms with van der Waals surface area (Å²) in [5.74, 6) is 0.131. The third-order valence-corrected chi connectivity index (χ3v) is 9.08. The molecule has 2 aliphatic rings. The number of nitrogens with one attached hydrogen (secondary N) is 1. The number of amides is 2. The predicted molar refractivity (Wildman–Crippen MR) is 170 cm³/mol. The number of nitriles is 1. The summed E-state index contributed by atoms with van der Waals surface area (Å²) in [5.41, 5.74) is 2.76. The molecular weight excluding hydrogens is 638 g/mol. The van der Waals surface area contributed by atoms with Crippen molar-refractivity contribution in [2.45, 2.75) is 52.2 Å². The Morgan fingerprint density at radius 2 is 1.87 bits per heavy atom. The smallest absolute Gasteiger partial charge is 0.248 e. The van der Waals surface area contributed by atoms with Gasteiger partial charge in [-0.15, -0.1) is 0 Å². The predicted octanol–water partition coefficient (Wildman–Crippen LogP) is 3.90. The van der Waals surface area contributed by atoms with Crippen molar-refractivity contribution in [1.29, 1.82) is 5.26 Å². The Morgan fingerprint density at radius 3 is 2.53 bits per heavy atom. The van der Waals surface area contributed by atoms with E-state index in [-0.39, 0.29) is 46.9 Å². The van der Waals surface area contributed by atoms with Crippen LogP contribution in [0.15, 0.2) is 41.3 Å². The zero-order chi connectivity index (χ0) is 32.2. The number of halogens is 1. The van der Waals surface area contributed by atoms with Crippen LogP contribution in [0.3, 0.4) is 0 Å². The highest BCUT2D eigenvalue weighted by molar-refractivity contribution is 9.10. The van der Waals surface area contributed by atoms with Crippen molar-refractivity contribution in [2.75, 3.05) is 26.0 Å². The Kier molecular flexibility index (Phi) is 7.74. The number of carbonyl (C=O) groups excluding carboxylic acids is 3. The average molecular weight is 671 g/mol. The van der Waals surface area contributed by atoms with E-state index in [4.69, 9.17) is 0 Å². The van der Waals surface area contributed by atoms with Crippen molar-refractivity contribution in [3.8, 4) is 17.2 Å². The van der Waals surface area contributed by atoms with Crippen LogP contribution >= 0.6 is 15.9 Å². The molecule has 2 fully saturated rings. The summed E-state index contributed by atoms with van der Waals surface area (Å²) in [4.78, 5) is 57.3. The third kappa shape index (κ3) is 5.60. The monoisotopic (exact) mass is 669 g/mol. The average Bonchev–Trinajstić information content (AvgIpc) is 3.38. The topological polar surface area (TPSA) is 150 Å². The van der Waals surface area contributed by atoms with Gasteiger partial charge in [-0.2, -0.15) is 10.4 Å². The standard InChI is InChI=1S/C32H32BrN9O3/c1-17-6-7-26(33)37-30(17)38-31(45)24-10-32(16-40(4)5)11-25(32)42(24)27(44)15-41-29-21(12-34)8-20(22-13-35-19(3)36-14-22)9-23(29)28(39-41)18(2)43/h6-9,13-14,24-25H,10-11,15-16H2,1-5H3,(H,37,38,45)/t24-,25-,32+/m0/s1. The molecule has 0 spiro atoms. The van der Waals surface area contributed by atoms with Gasteiger partial charge in [0.2, 0.25) is 11.8 Å². The van der Waals surface area contributed by atoms with Crippen LogP contribution in [-0.2, 0) is 16.1 Å². The summed E-state index contributed by atoms with van der Waals surface area (Å²) in [5, 5.41) is 18.1. The number of hydrogen-bond donors (Lipinski definition) is 1. The Bertz CT molecular complexity index is 1910. The normalized spacial score (nSPS) is 20.3. The SMILES string of the molecule is CC(=O)c1nn(CC(=O)N2[C@H]3C[C@@]3(CN(C)C)C[C@H]2C(=O)Nc2nc(Br)ccc2C)c2c(C#N)cc(-c3cnc(C)nc3)cc12. The van der Waals surface area contributed by atoms with Crippen LogP contribution in [0.4, 0.5) is 5.82 Å². The number of Topliss-reactive ketones (excluding diaryl/α,β-unsaturated/α-hetero) is 1. The van der Waals surface area contributed by atoms with E-state index >= 15 is 0 Å². The van der Waals surface area contributed by atoms with Gasteiger partial charge >= 0.3 is 0 Å². The molecule has 2 amide bonds. The maximum Gasteiger partial charge on any atom is 0.248 e.